The van der Waals surface area contributed by atoms with Crippen LogP contribution in [0.2, 0.25) is 5.02 Å². The van der Waals surface area contributed by atoms with E-state index in [1.165, 1.54) is 6.42 Å². The number of aromatic hydroxyl groups is 2. The Hall–Kier alpha value is -5.12. The molecule has 1 aromatic heterocycles. The molecule has 1 saturated heterocycles. The van der Waals surface area contributed by atoms with Crippen LogP contribution in [0, 0.1) is 6.92 Å². The number of likely N-dealkylation sites (tertiary alicyclic amines) is 1. The number of nitrogens with one attached hydrogen (secondary N) is 2. The number of hydrogen-bond acceptors (Lipinski definition) is 8. The average Bonchev–Trinajstić information content (AvgIpc) is 3.11. The van der Waals surface area contributed by atoms with Gasteiger partial charge >= 0.3 is 5.97 Å². The van der Waals surface area contributed by atoms with Gasteiger partial charge in [-0.15, -0.1) is 0 Å². The van der Waals surface area contributed by atoms with Crippen LogP contribution in [0.1, 0.15) is 55.2 Å². The SMILES string of the molecule is Cc1c(/C=C/CCCC(=O)OCc2cc(NC(=O)CN3CCCCC3)cc(Nc3ccnc4cc(Cl)ccc34)c2)c(O)c2ccccc2c1O. The number of pyridine rings is 1. The molecule has 0 aliphatic carbocycles. The number of phenols is 2. The van der Waals surface area contributed by atoms with Crippen LogP contribution < -0.4 is 10.6 Å². The summed E-state index contributed by atoms with van der Waals surface area (Å²) >= 11 is 6.19. The van der Waals surface area contributed by atoms with Gasteiger partial charge in [0.15, 0.2) is 0 Å². The summed E-state index contributed by atoms with van der Waals surface area (Å²) in [5.74, 6) is -0.171. The average molecular weight is 693 g/mol. The maximum Gasteiger partial charge on any atom is 0.306 e. The largest absolute Gasteiger partial charge is 0.507 e. The first-order valence-corrected chi connectivity index (χ1v) is 17.4. The fourth-order valence-corrected chi connectivity index (χ4v) is 6.55. The number of carbonyl (C=O) groups excluding carboxylic acids is 2. The normalized spacial score (nSPS) is 13.6. The fraction of sp³-hybridized carbons (Fsp3) is 0.275. The van der Waals surface area contributed by atoms with Gasteiger partial charge in [-0.2, -0.15) is 0 Å². The molecule has 4 N–H and O–H groups in total. The number of benzene rings is 4. The highest BCUT2D eigenvalue weighted by Crippen LogP contribution is 2.39. The molecule has 6 rings (SSSR count). The Bertz CT molecular complexity index is 2060. The molecule has 50 heavy (non-hydrogen) atoms. The summed E-state index contributed by atoms with van der Waals surface area (Å²) in [6.07, 6.45) is 10.1. The number of halogens is 1. The van der Waals surface area contributed by atoms with Crippen LogP contribution in [0.4, 0.5) is 17.1 Å². The van der Waals surface area contributed by atoms with E-state index in [4.69, 9.17) is 16.3 Å². The number of hydrogen-bond donors (Lipinski definition) is 4. The zero-order chi connectivity index (χ0) is 35.0. The third-order valence-corrected chi connectivity index (χ3v) is 9.20. The van der Waals surface area contributed by atoms with Crippen molar-refractivity contribution < 1.29 is 24.5 Å². The van der Waals surface area contributed by atoms with Crippen molar-refractivity contribution in [2.45, 2.75) is 52.1 Å². The van der Waals surface area contributed by atoms with Gasteiger partial charge < -0.3 is 25.6 Å². The third-order valence-electron chi connectivity index (χ3n) is 8.96. The molecule has 1 aliphatic rings. The van der Waals surface area contributed by atoms with E-state index < -0.39 is 0 Å². The predicted molar refractivity (Wildman–Crippen MR) is 200 cm³/mol. The molecule has 0 saturated carbocycles. The Morgan fingerprint density at radius 3 is 2.50 bits per heavy atom. The third kappa shape index (κ3) is 8.53. The highest BCUT2D eigenvalue weighted by molar-refractivity contribution is 6.31. The molecule has 10 heteroatoms. The number of unbranched alkanes of at least 4 members (excludes halogenated alkanes) is 1. The van der Waals surface area contributed by atoms with Gasteiger partial charge in [0.25, 0.3) is 0 Å². The van der Waals surface area contributed by atoms with Crippen molar-refractivity contribution in [3.63, 3.8) is 0 Å². The smallest absolute Gasteiger partial charge is 0.306 e. The van der Waals surface area contributed by atoms with Gasteiger partial charge in [0.2, 0.25) is 5.91 Å². The lowest BCUT2D eigenvalue weighted by Crippen LogP contribution is -2.36. The second-order valence-corrected chi connectivity index (χ2v) is 13.1. The second-order valence-electron chi connectivity index (χ2n) is 12.7. The summed E-state index contributed by atoms with van der Waals surface area (Å²) in [6.45, 7) is 3.97. The topological polar surface area (TPSA) is 124 Å². The first-order chi connectivity index (χ1) is 24.2. The molecule has 1 amide bonds. The number of aromatic nitrogens is 1. The minimum Gasteiger partial charge on any atom is -0.507 e. The number of rotatable bonds is 12. The van der Waals surface area contributed by atoms with E-state index in [0.29, 0.717) is 52.0 Å². The van der Waals surface area contributed by atoms with Crippen molar-refractivity contribution in [2.24, 2.45) is 0 Å². The van der Waals surface area contributed by atoms with Crippen LogP contribution >= 0.6 is 11.6 Å². The second kappa shape index (κ2) is 16.1. The number of esters is 1. The predicted octanol–water partition coefficient (Wildman–Crippen LogP) is 8.86. The van der Waals surface area contributed by atoms with Crippen molar-refractivity contribution in [1.29, 1.82) is 0 Å². The number of nitrogens with zero attached hydrogens (tertiary/aromatic N) is 2. The van der Waals surface area contributed by atoms with Crippen molar-refractivity contribution >= 4 is 68.3 Å². The van der Waals surface area contributed by atoms with Crippen molar-refractivity contribution in [3.8, 4) is 11.5 Å². The van der Waals surface area contributed by atoms with Gasteiger partial charge in [0.1, 0.15) is 18.1 Å². The first-order valence-electron chi connectivity index (χ1n) is 17.0. The van der Waals surface area contributed by atoms with Gasteiger partial charge in [-0.05, 0) is 93.7 Å². The van der Waals surface area contributed by atoms with Gasteiger partial charge in [-0.1, -0.05) is 54.4 Å². The standard InChI is InChI=1S/C40H41ClN4O5/c1-26-31(40(49)33-12-7-6-11-32(33)39(26)48)10-4-2-5-13-38(47)50-25-27-20-29(43-35-16-17-42-36-22-28(41)14-15-34(35)36)23-30(21-27)44-37(46)24-45-18-8-3-9-19-45/h4,6-7,10-12,14-17,20-23,48-49H,2-3,5,8-9,13,18-19,24-25H2,1H3,(H,42,43)(H,44,46)/b10-4+. The summed E-state index contributed by atoms with van der Waals surface area (Å²) in [7, 11) is 0. The van der Waals surface area contributed by atoms with E-state index in [-0.39, 0.29) is 36.4 Å². The van der Waals surface area contributed by atoms with E-state index in [2.05, 4.69) is 20.5 Å². The minimum absolute atomic E-state index is 0.0370. The lowest BCUT2D eigenvalue weighted by Gasteiger charge is -2.25. The minimum atomic E-state index is -0.341. The van der Waals surface area contributed by atoms with Crippen molar-refractivity contribution in [1.82, 2.24) is 9.88 Å². The van der Waals surface area contributed by atoms with Crippen LogP contribution in [0.15, 0.2) is 79.0 Å². The van der Waals surface area contributed by atoms with E-state index >= 15 is 0 Å². The summed E-state index contributed by atoms with van der Waals surface area (Å²) in [6, 6.07) is 20.2. The molecule has 4 aromatic carbocycles. The Balaban J connectivity index is 1.10. The number of anilines is 3. The zero-order valence-corrected chi connectivity index (χ0v) is 28.8. The van der Waals surface area contributed by atoms with Crippen molar-refractivity contribution in [3.05, 3.63) is 101 Å². The highest BCUT2D eigenvalue weighted by atomic mass is 35.5. The number of phenolic OH excluding ortho intramolecular Hbond substituents is 2. The molecule has 1 aliphatic heterocycles. The van der Waals surface area contributed by atoms with Gasteiger partial charge in [0, 0.05) is 62.0 Å². The summed E-state index contributed by atoms with van der Waals surface area (Å²) in [4.78, 5) is 32.3. The molecule has 0 atom stereocenters. The van der Waals surface area contributed by atoms with Crippen LogP contribution in [0.5, 0.6) is 11.5 Å². The number of carbonyl (C=O) groups is 2. The molecule has 9 nitrogen and oxygen atoms in total. The van der Waals surface area contributed by atoms with Gasteiger partial charge in [-0.25, -0.2) is 0 Å². The summed E-state index contributed by atoms with van der Waals surface area (Å²) in [5.41, 5.74) is 4.77. The Kier molecular flexibility index (Phi) is 11.2. The van der Waals surface area contributed by atoms with Crippen molar-refractivity contribution in [2.75, 3.05) is 30.3 Å². The molecule has 0 radical (unpaired) electrons. The lowest BCUT2D eigenvalue weighted by atomic mass is 9.98. The quantitative estimate of drug-likeness (QED) is 0.0581. The highest BCUT2D eigenvalue weighted by Gasteiger charge is 2.16. The molecule has 0 unspecified atom stereocenters. The maximum absolute atomic E-state index is 13.0. The number of allylic oxidation sites excluding steroid dienone is 1. The van der Waals surface area contributed by atoms with Crippen LogP contribution in [0.25, 0.3) is 27.8 Å². The molecular weight excluding hydrogens is 652 g/mol. The Morgan fingerprint density at radius 1 is 0.940 bits per heavy atom. The number of piperidine rings is 1. The fourth-order valence-electron chi connectivity index (χ4n) is 6.38. The summed E-state index contributed by atoms with van der Waals surface area (Å²) in [5, 5.41) is 30.6. The van der Waals surface area contributed by atoms with Gasteiger partial charge in [-0.3, -0.25) is 19.5 Å². The molecule has 5 aromatic rings. The van der Waals surface area contributed by atoms with Gasteiger partial charge in [0.05, 0.1) is 12.1 Å². The first kappa shape index (κ1) is 34.7. The van der Waals surface area contributed by atoms with Crippen LogP contribution in [-0.2, 0) is 20.9 Å². The summed E-state index contributed by atoms with van der Waals surface area (Å²) < 4.78 is 5.66. The maximum atomic E-state index is 13.0. The monoisotopic (exact) mass is 692 g/mol. The van der Waals surface area contributed by atoms with Crippen LogP contribution in [0.3, 0.4) is 0 Å². The number of fused-ring (bicyclic) bond motifs is 2. The molecule has 2 heterocycles. The Labute approximate surface area is 296 Å². The van der Waals surface area contributed by atoms with E-state index in [0.717, 1.165) is 53.8 Å². The number of amides is 1. The molecule has 1 fully saturated rings. The van der Waals surface area contributed by atoms with E-state index in [1.54, 1.807) is 37.4 Å². The van der Waals surface area contributed by atoms with E-state index in [1.807, 2.05) is 54.6 Å². The van der Waals surface area contributed by atoms with Crippen LogP contribution in [-0.4, -0.2) is 51.6 Å². The molecule has 0 bridgehead atoms. The molecular formula is C40H41ClN4O5. The van der Waals surface area contributed by atoms with E-state index in [9.17, 15) is 19.8 Å². The number of ether oxygens (including phenoxy) is 1. The molecule has 258 valence electrons. The lowest BCUT2D eigenvalue weighted by molar-refractivity contribution is -0.145. The molecule has 0 spiro atoms. The zero-order valence-electron chi connectivity index (χ0n) is 28.0. The Morgan fingerprint density at radius 2 is 1.70 bits per heavy atom.